The second kappa shape index (κ2) is 6.67. The maximum absolute atomic E-state index is 11.8. The van der Waals surface area contributed by atoms with E-state index in [1.54, 1.807) is 6.08 Å². The molecule has 0 unspecified atom stereocenters. The van der Waals surface area contributed by atoms with Crippen molar-refractivity contribution in [1.29, 1.82) is 0 Å². The molecule has 0 saturated heterocycles. The third kappa shape index (κ3) is 3.60. The van der Waals surface area contributed by atoms with Gasteiger partial charge in [0.1, 0.15) is 12.3 Å². The average molecular weight is 327 g/mol. The largest absolute Gasteiger partial charge is 0.458 e. The van der Waals surface area contributed by atoms with Gasteiger partial charge in [-0.25, -0.2) is 9.78 Å². The Bertz CT molecular complexity index is 866. The Morgan fingerprint density at radius 1 is 1.26 bits per heavy atom. The second-order valence-corrected chi connectivity index (χ2v) is 5.50. The Labute approximate surface area is 139 Å². The third-order valence-electron chi connectivity index (χ3n) is 3.40. The Hall–Kier alpha value is -2.59. The van der Waals surface area contributed by atoms with Gasteiger partial charge in [-0.1, -0.05) is 47.5 Å². The molecule has 3 aromatic rings. The zero-order valence-electron chi connectivity index (χ0n) is 12.6. The number of halogens is 1. The van der Waals surface area contributed by atoms with Crippen LogP contribution < -0.4 is 0 Å². The summed E-state index contributed by atoms with van der Waals surface area (Å²) in [4.78, 5) is 16.1. The molecule has 0 atom stereocenters. The van der Waals surface area contributed by atoms with Crippen LogP contribution in [-0.4, -0.2) is 15.4 Å². The van der Waals surface area contributed by atoms with Gasteiger partial charge in [0.15, 0.2) is 5.15 Å². The van der Waals surface area contributed by atoms with Gasteiger partial charge in [0.05, 0.1) is 5.69 Å². The second-order valence-electron chi connectivity index (χ2n) is 5.14. The van der Waals surface area contributed by atoms with Crippen molar-refractivity contribution in [3.8, 4) is 0 Å². The van der Waals surface area contributed by atoms with Crippen LogP contribution in [0.25, 0.3) is 11.7 Å². The smallest absolute Gasteiger partial charge is 0.331 e. The van der Waals surface area contributed by atoms with Gasteiger partial charge in [0, 0.05) is 12.3 Å². The van der Waals surface area contributed by atoms with Crippen molar-refractivity contribution in [1.82, 2.24) is 9.38 Å². The predicted octanol–water partition coefficient (Wildman–Crippen LogP) is 4.05. The van der Waals surface area contributed by atoms with Crippen molar-refractivity contribution in [2.45, 2.75) is 13.5 Å². The zero-order valence-corrected chi connectivity index (χ0v) is 13.3. The number of nitrogens with zero attached hydrogens (tertiary/aromatic N) is 2. The van der Waals surface area contributed by atoms with Crippen LogP contribution in [0.1, 0.15) is 16.8 Å². The number of carbonyl (C=O) groups excluding carboxylic acids is 1. The lowest BCUT2D eigenvalue weighted by Gasteiger charge is -2.02. The Morgan fingerprint density at radius 2 is 2.04 bits per heavy atom. The first-order chi connectivity index (χ1) is 11.1. The zero-order chi connectivity index (χ0) is 16.2. The van der Waals surface area contributed by atoms with Crippen LogP contribution >= 0.6 is 11.6 Å². The summed E-state index contributed by atoms with van der Waals surface area (Å²) in [7, 11) is 0. The number of hydrogen-bond acceptors (Lipinski definition) is 3. The molecule has 23 heavy (non-hydrogen) atoms. The van der Waals surface area contributed by atoms with Crippen molar-refractivity contribution in [3.63, 3.8) is 0 Å². The Morgan fingerprint density at radius 3 is 2.83 bits per heavy atom. The molecule has 5 heteroatoms. The van der Waals surface area contributed by atoms with E-state index in [0.29, 0.717) is 10.8 Å². The molecular formula is C18H15ClN2O2. The van der Waals surface area contributed by atoms with Crippen LogP contribution in [0.4, 0.5) is 0 Å². The highest BCUT2D eigenvalue weighted by molar-refractivity contribution is 6.31. The fourth-order valence-corrected chi connectivity index (χ4v) is 2.41. The predicted molar refractivity (Wildman–Crippen MR) is 90.2 cm³/mol. The lowest BCUT2D eigenvalue weighted by Crippen LogP contribution is -2.01. The van der Waals surface area contributed by atoms with Crippen LogP contribution in [0.15, 0.2) is 54.7 Å². The summed E-state index contributed by atoms with van der Waals surface area (Å²) in [6, 6.07) is 13.4. The molecule has 0 spiro atoms. The lowest BCUT2D eigenvalue weighted by molar-refractivity contribution is -0.138. The summed E-state index contributed by atoms with van der Waals surface area (Å²) < 4.78 is 7.03. The Kier molecular flexibility index (Phi) is 4.44. The molecule has 4 nitrogen and oxygen atoms in total. The molecule has 0 aliphatic rings. The van der Waals surface area contributed by atoms with Gasteiger partial charge in [-0.05, 0) is 30.7 Å². The number of imidazole rings is 1. The molecule has 2 aromatic heterocycles. The van der Waals surface area contributed by atoms with Crippen LogP contribution in [0.5, 0.6) is 0 Å². The number of carbonyl (C=O) groups is 1. The topological polar surface area (TPSA) is 43.6 Å². The van der Waals surface area contributed by atoms with Crippen LogP contribution in [0, 0.1) is 6.92 Å². The van der Waals surface area contributed by atoms with Gasteiger partial charge < -0.3 is 4.74 Å². The van der Waals surface area contributed by atoms with E-state index in [2.05, 4.69) is 4.98 Å². The van der Waals surface area contributed by atoms with Crippen molar-refractivity contribution in [2.75, 3.05) is 0 Å². The highest BCUT2D eigenvalue weighted by Crippen LogP contribution is 2.18. The van der Waals surface area contributed by atoms with E-state index in [1.165, 1.54) is 11.6 Å². The number of aromatic nitrogens is 2. The fourth-order valence-electron chi connectivity index (χ4n) is 2.17. The van der Waals surface area contributed by atoms with E-state index >= 15 is 0 Å². The molecule has 3 rings (SSSR count). The van der Waals surface area contributed by atoms with Gasteiger partial charge >= 0.3 is 5.97 Å². The SMILES string of the molecule is Cc1ccc(COC(=O)/C=C/c2c(Cl)nc3ccccn23)cc1. The summed E-state index contributed by atoms with van der Waals surface area (Å²) in [5.74, 6) is -0.424. The van der Waals surface area contributed by atoms with Crippen LogP contribution in [-0.2, 0) is 16.1 Å². The molecule has 0 aliphatic carbocycles. The lowest BCUT2D eigenvalue weighted by atomic mass is 10.2. The number of hydrogen-bond donors (Lipinski definition) is 0. The molecule has 0 N–H and O–H groups in total. The van der Waals surface area contributed by atoms with Gasteiger partial charge in [0.2, 0.25) is 0 Å². The number of benzene rings is 1. The quantitative estimate of drug-likeness (QED) is 0.536. The van der Waals surface area contributed by atoms with Gasteiger partial charge in [-0.2, -0.15) is 0 Å². The normalized spacial score (nSPS) is 11.2. The monoisotopic (exact) mass is 326 g/mol. The van der Waals surface area contributed by atoms with E-state index in [0.717, 1.165) is 11.2 Å². The molecule has 0 bridgehead atoms. The minimum absolute atomic E-state index is 0.240. The molecule has 2 heterocycles. The van der Waals surface area contributed by atoms with E-state index in [-0.39, 0.29) is 6.61 Å². The van der Waals surface area contributed by atoms with E-state index in [1.807, 2.05) is 60.0 Å². The molecular weight excluding hydrogens is 312 g/mol. The average Bonchev–Trinajstić information content (AvgIpc) is 2.87. The van der Waals surface area contributed by atoms with Crippen molar-refractivity contribution < 1.29 is 9.53 Å². The first kappa shape index (κ1) is 15.3. The molecule has 116 valence electrons. The Balaban J connectivity index is 1.68. The molecule has 0 radical (unpaired) electrons. The molecule has 0 fully saturated rings. The molecule has 0 amide bonds. The van der Waals surface area contributed by atoms with Crippen LogP contribution in [0.2, 0.25) is 5.15 Å². The van der Waals surface area contributed by atoms with E-state index < -0.39 is 5.97 Å². The van der Waals surface area contributed by atoms with Crippen LogP contribution in [0.3, 0.4) is 0 Å². The minimum atomic E-state index is -0.424. The number of aryl methyl sites for hydroxylation is 1. The van der Waals surface area contributed by atoms with Crippen molar-refractivity contribution in [2.24, 2.45) is 0 Å². The molecule has 1 aromatic carbocycles. The van der Waals surface area contributed by atoms with E-state index in [4.69, 9.17) is 16.3 Å². The maximum atomic E-state index is 11.8. The molecule has 0 aliphatic heterocycles. The highest BCUT2D eigenvalue weighted by atomic mass is 35.5. The number of pyridine rings is 1. The highest BCUT2D eigenvalue weighted by Gasteiger charge is 2.07. The summed E-state index contributed by atoms with van der Waals surface area (Å²) in [5.41, 5.74) is 3.49. The summed E-state index contributed by atoms with van der Waals surface area (Å²) >= 11 is 6.10. The fraction of sp³-hybridized carbons (Fsp3) is 0.111. The van der Waals surface area contributed by atoms with Crippen molar-refractivity contribution in [3.05, 3.63) is 76.7 Å². The van der Waals surface area contributed by atoms with Gasteiger partial charge in [-0.15, -0.1) is 0 Å². The number of fused-ring (bicyclic) bond motifs is 1. The van der Waals surface area contributed by atoms with Gasteiger partial charge in [0.25, 0.3) is 0 Å². The first-order valence-electron chi connectivity index (χ1n) is 7.16. The third-order valence-corrected chi connectivity index (χ3v) is 3.68. The molecule has 0 saturated carbocycles. The van der Waals surface area contributed by atoms with E-state index in [9.17, 15) is 4.79 Å². The standard InChI is InChI=1S/C18H15ClN2O2/c1-13-5-7-14(8-6-13)12-23-17(22)10-9-15-18(19)20-16-4-2-3-11-21(15)16/h2-11H,12H2,1H3/b10-9+. The maximum Gasteiger partial charge on any atom is 0.331 e. The number of rotatable bonds is 4. The summed E-state index contributed by atoms with van der Waals surface area (Å²) in [6.45, 7) is 2.25. The van der Waals surface area contributed by atoms with Gasteiger partial charge in [-0.3, -0.25) is 4.40 Å². The number of ether oxygens (including phenoxy) is 1. The summed E-state index contributed by atoms with van der Waals surface area (Å²) in [5, 5.41) is 0.346. The van der Waals surface area contributed by atoms with Crippen molar-refractivity contribution >= 4 is 29.3 Å². The minimum Gasteiger partial charge on any atom is -0.458 e. The summed E-state index contributed by atoms with van der Waals surface area (Å²) in [6.07, 6.45) is 4.81. The first-order valence-corrected chi connectivity index (χ1v) is 7.54. The number of esters is 1.